The average molecular weight is 251 g/mol. The molecular formula is C14H21NO3. The first-order chi connectivity index (χ1) is 8.77. The number of carbonyl (C=O) groups is 1. The molecule has 1 aromatic carbocycles. The molecule has 0 spiro atoms. The molecule has 0 heterocycles. The molecule has 1 aromatic rings. The van der Waals surface area contributed by atoms with Crippen LogP contribution in [0.3, 0.4) is 0 Å². The molecular weight excluding hydrogens is 230 g/mol. The van der Waals surface area contributed by atoms with Gasteiger partial charge in [0.15, 0.2) is 0 Å². The number of amides is 1. The zero-order valence-corrected chi connectivity index (χ0v) is 10.8. The molecule has 0 aliphatic heterocycles. The fraction of sp³-hybridized carbons (Fsp3) is 0.500. The predicted molar refractivity (Wildman–Crippen MR) is 70.1 cm³/mol. The maximum absolute atomic E-state index is 11.6. The number of aliphatic hydroxyl groups is 1. The molecule has 0 aliphatic rings. The van der Waals surface area contributed by atoms with Gasteiger partial charge in [-0.3, -0.25) is 4.79 Å². The largest absolute Gasteiger partial charge is 0.394 e. The first-order valence-electron chi connectivity index (χ1n) is 6.30. The summed E-state index contributed by atoms with van der Waals surface area (Å²) in [4.78, 5) is 11.6. The predicted octanol–water partition coefficient (Wildman–Crippen LogP) is 1.65. The van der Waals surface area contributed by atoms with Gasteiger partial charge in [-0.2, -0.15) is 0 Å². The molecule has 0 aliphatic carbocycles. The first kappa shape index (κ1) is 14.7. The minimum Gasteiger partial charge on any atom is -0.394 e. The van der Waals surface area contributed by atoms with Gasteiger partial charge in [-0.1, -0.05) is 37.3 Å². The molecule has 4 heteroatoms. The highest BCUT2D eigenvalue weighted by Gasteiger charge is 2.12. The molecule has 4 nitrogen and oxygen atoms in total. The zero-order chi connectivity index (χ0) is 13.2. The number of benzene rings is 1. The van der Waals surface area contributed by atoms with Crippen LogP contribution in [0.4, 0.5) is 0 Å². The summed E-state index contributed by atoms with van der Waals surface area (Å²) in [5, 5.41) is 12.1. The summed E-state index contributed by atoms with van der Waals surface area (Å²) in [6, 6.07) is 9.09. The second-order valence-electron chi connectivity index (χ2n) is 4.08. The van der Waals surface area contributed by atoms with Crippen LogP contribution in [0, 0.1) is 0 Å². The Kier molecular flexibility index (Phi) is 7.06. The van der Waals surface area contributed by atoms with Crippen LogP contribution in [0.1, 0.15) is 31.4 Å². The van der Waals surface area contributed by atoms with Gasteiger partial charge in [0.1, 0.15) is 0 Å². The molecule has 0 saturated carbocycles. The molecule has 1 atom stereocenters. The SMILES string of the molecule is CCCOCCC(=O)N[C@H](CO)c1ccccc1. The van der Waals surface area contributed by atoms with Crippen molar-refractivity contribution in [1.82, 2.24) is 5.32 Å². The summed E-state index contributed by atoms with van der Waals surface area (Å²) in [5.74, 6) is -0.103. The van der Waals surface area contributed by atoms with Crippen LogP contribution in [0.5, 0.6) is 0 Å². The number of aliphatic hydroxyl groups excluding tert-OH is 1. The fourth-order valence-electron chi connectivity index (χ4n) is 1.60. The van der Waals surface area contributed by atoms with Crippen LogP contribution in [0.2, 0.25) is 0 Å². The summed E-state index contributed by atoms with van der Waals surface area (Å²) in [5.41, 5.74) is 0.905. The van der Waals surface area contributed by atoms with Gasteiger partial charge in [-0.25, -0.2) is 0 Å². The number of hydrogen-bond donors (Lipinski definition) is 2. The monoisotopic (exact) mass is 251 g/mol. The van der Waals surface area contributed by atoms with Crippen LogP contribution in [-0.4, -0.2) is 30.8 Å². The summed E-state index contributed by atoms with van der Waals surface area (Å²) >= 11 is 0. The lowest BCUT2D eigenvalue weighted by atomic mass is 10.1. The maximum Gasteiger partial charge on any atom is 0.222 e. The fourth-order valence-corrected chi connectivity index (χ4v) is 1.60. The van der Waals surface area contributed by atoms with Crippen molar-refractivity contribution < 1.29 is 14.6 Å². The van der Waals surface area contributed by atoms with Crippen molar-refractivity contribution in [2.45, 2.75) is 25.8 Å². The molecule has 0 unspecified atom stereocenters. The molecule has 0 fully saturated rings. The van der Waals surface area contributed by atoms with E-state index in [1.54, 1.807) is 0 Å². The van der Waals surface area contributed by atoms with E-state index in [1.807, 2.05) is 37.3 Å². The Labute approximate surface area is 108 Å². The van der Waals surface area contributed by atoms with Gasteiger partial charge in [0, 0.05) is 13.0 Å². The van der Waals surface area contributed by atoms with E-state index in [4.69, 9.17) is 4.74 Å². The molecule has 1 amide bonds. The lowest BCUT2D eigenvalue weighted by molar-refractivity contribution is -0.123. The van der Waals surface area contributed by atoms with Gasteiger partial charge >= 0.3 is 0 Å². The highest BCUT2D eigenvalue weighted by molar-refractivity contribution is 5.76. The summed E-state index contributed by atoms with van der Waals surface area (Å²) in [6.45, 7) is 3.02. The Morgan fingerprint density at radius 3 is 2.67 bits per heavy atom. The molecule has 18 heavy (non-hydrogen) atoms. The minimum absolute atomic E-state index is 0.103. The van der Waals surface area contributed by atoms with E-state index < -0.39 is 0 Å². The van der Waals surface area contributed by atoms with Crippen molar-refractivity contribution in [3.05, 3.63) is 35.9 Å². The van der Waals surface area contributed by atoms with Crippen LogP contribution >= 0.6 is 0 Å². The molecule has 100 valence electrons. The third-order valence-electron chi connectivity index (χ3n) is 2.54. The van der Waals surface area contributed by atoms with E-state index in [0.717, 1.165) is 12.0 Å². The van der Waals surface area contributed by atoms with Crippen molar-refractivity contribution in [3.8, 4) is 0 Å². The van der Waals surface area contributed by atoms with Gasteiger partial charge in [-0.15, -0.1) is 0 Å². The number of carbonyl (C=O) groups excluding carboxylic acids is 1. The Morgan fingerprint density at radius 2 is 2.06 bits per heavy atom. The third kappa shape index (κ3) is 5.29. The molecule has 0 bridgehead atoms. The summed E-state index contributed by atoms with van der Waals surface area (Å²) in [7, 11) is 0. The molecule has 0 radical (unpaired) electrons. The van der Waals surface area contributed by atoms with E-state index in [1.165, 1.54) is 0 Å². The van der Waals surface area contributed by atoms with Gasteiger partial charge in [0.2, 0.25) is 5.91 Å². The Hall–Kier alpha value is -1.39. The standard InChI is InChI=1S/C14H21NO3/c1-2-9-18-10-8-14(17)15-13(11-16)12-6-4-3-5-7-12/h3-7,13,16H,2,8-11H2,1H3,(H,15,17)/t13-/m1/s1. The van der Waals surface area contributed by atoms with Crippen molar-refractivity contribution in [2.24, 2.45) is 0 Å². The molecule has 2 N–H and O–H groups in total. The summed E-state index contributed by atoms with van der Waals surface area (Å²) < 4.78 is 5.25. The van der Waals surface area contributed by atoms with Crippen molar-refractivity contribution in [1.29, 1.82) is 0 Å². The third-order valence-corrected chi connectivity index (χ3v) is 2.54. The lowest BCUT2D eigenvalue weighted by Gasteiger charge is -2.16. The van der Waals surface area contributed by atoms with Gasteiger partial charge in [0.05, 0.1) is 19.3 Å². The van der Waals surface area contributed by atoms with Crippen LogP contribution in [0.25, 0.3) is 0 Å². The van der Waals surface area contributed by atoms with E-state index in [2.05, 4.69) is 5.32 Å². The van der Waals surface area contributed by atoms with Gasteiger partial charge in [0.25, 0.3) is 0 Å². The van der Waals surface area contributed by atoms with E-state index in [0.29, 0.717) is 19.6 Å². The molecule has 0 aromatic heterocycles. The molecule has 0 saturated heterocycles. The topological polar surface area (TPSA) is 58.6 Å². The van der Waals surface area contributed by atoms with Gasteiger partial charge in [-0.05, 0) is 12.0 Å². The van der Waals surface area contributed by atoms with E-state index in [-0.39, 0.29) is 18.6 Å². The van der Waals surface area contributed by atoms with Crippen LogP contribution in [-0.2, 0) is 9.53 Å². The van der Waals surface area contributed by atoms with Crippen molar-refractivity contribution in [2.75, 3.05) is 19.8 Å². The van der Waals surface area contributed by atoms with Gasteiger partial charge < -0.3 is 15.2 Å². The van der Waals surface area contributed by atoms with E-state index in [9.17, 15) is 9.90 Å². The zero-order valence-electron chi connectivity index (χ0n) is 10.8. The number of rotatable bonds is 8. The number of ether oxygens (including phenoxy) is 1. The van der Waals surface area contributed by atoms with Crippen LogP contribution < -0.4 is 5.32 Å². The summed E-state index contributed by atoms with van der Waals surface area (Å²) in [6.07, 6.45) is 1.27. The normalized spacial score (nSPS) is 12.1. The highest BCUT2D eigenvalue weighted by Crippen LogP contribution is 2.11. The van der Waals surface area contributed by atoms with Crippen LogP contribution in [0.15, 0.2) is 30.3 Å². The highest BCUT2D eigenvalue weighted by atomic mass is 16.5. The van der Waals surface area contributed by atoms with Crippen molar-refractivity contribution in [3.63, 3.8) is 0 Å². The first-order valence-corrected chi connectivity index (χ1v) is 6.30. The minimum atomic E-state index is -0.343. The smallest absolute Gasteiger partial charge is 0.222 e. The second kappa shape index (κ2) is 8.66. The Balaban J connectivity index is 2.37. The second-order valence-corrected chi connectivity index (χ2v) is 4.08. The number of hydrogen-bond acceptors (Lipinski definition) is 3. The average Bonchev–Trinajstić information content (AvgIpc) is 2.42. The number of nitrogens with one attached hydrogen (secondary N) is 1. The van der Waals surface area contributed by atoms with E-state index >= 15 is 0 Å². The maximum atomic E-state index is 11.6. The quantitative estimate of drug-likeness (QED) is 0.691. The lowest BCUT2D eigenvalue weighted by Crippen LogP contribution is -2.31. The Morgan fingerprint density at radius 1 is 1.33 bits per heavy atom. The Bertz CT molecular complexity index is 340. The molecule has 1 rings (SSSR count). The van der Waals surface area contributed by atoms with Crippen molar-refractivity contribution >= 4 is 5.91 Å².